The first-order valence-corrected chi connectivity index (χ1v) is 6.77. The van der Waals surface area contributed by atoms with E-state index in [1.54, 1.807) is 0 Å². The summed E-state index contributed by atoms with van der Waals surface area (Å²) < 4.78 is 27.7. The van der Waals surface area contributed by atoms with Crippen LogP contribution in [0.5, 0.6) is 0 Å². The highest BCUT2D eigenvalue weighted by molar-refractivity contribution is 5.51. The minimum atomic E-state index is -0.551. The molecule has 3 rings (SSSR count). The van der Waals surface area contributed by atoms with Crippen molar-refractivity contribution in [3.63, 3.8) is 0 Å². The number of hydrogen-bond donors (Lipinski definition) is 1. The van der Waals surface area contributed by atoms with Crippen LogP contribution in [0.1, 0.15) is 31.0 Å². The Balaban J connectivity index is 2.02. The molecular formula is C17H17F2N. The van der Waals surface area contributed by atoms with Crippen LogP contribution in [0.2, 0.25) is 0 Å². The van der Waals surface area contributed by atoms with Gasteiger partial charge < -0.3 is 5.32 Å². The number of benzene rings is 2. The lowest BCUT2D eigenvalue weighted by molar-refractivity contribution is 0.335. The molecule has 1 aliphatic carbocycles. The zero-order chi connectivity index (χ0) is 14.3. The molecule has 0 saturated carbocycles. The van der Waals surface area contributed by atoms with Crippen LogP contribution in [0.4, 0.5) is 14.5 Å². The van der Waals surface area contributed by atoms with Gasteiger partial charge in [-0.3, -0.25) is 0 Å². The van der Waals surface area contributed by atoms with Crippen LogP contribution in [0, 0.1) is 17.0 Å². The quantitative estimate of drug-likeness (QED) is 0.836. The van der Waals surface area contributed by atoms with Crippen LogP contribution in [-0.4, -0.2) is 0 Å². The molecule has 0 spiro atoms. The SMILES string of the molecule is CC1(C)Cc2ccccc2C1Nc1c(F)cccc1F. The fourth-order valence-electron chi connectivity index (χ4n) is 3.04. The number of para-hydroxylation sites is 1. The largest absolute Gasteiger partial charge is 0.373 e. The summed E-state index contributed by atoms with van der Waals surface area (Å²) in [5, 5.41) is 3.07. The van der Waals surface area contributed by atoms with Gasteiger partial charge in [0.1, 0.15) is 17.3 Å². The molecular weight excluding hydrogens is 256 g/mol. The number of halogens is 2. The molecule has 1 atom stereocenters. The third-order valence-corrected chi connectivity index (χ3v) is 4.05. The minimum Gasteiger partial charge on any atom is -0.373 e. The van der Waals surface area contributed by atoms with E-state index in [0.717, 1.165) is 12.0 Å². The van der Waals surface area contributed by atoms with Crippen LogP contribution in [-0.2, 0) is 6.42 Å². The lowest BCUT2D eigenvalue weighted by Gasteiger charge is -2.29. The molecule has 0 fully saturated rings. The van der Waals surface area contributed by atoms with Crippen molar-refractivity contribution in [2.24, 2.45) is 5.41 Å². The van der Waals surface area contributed by atoms with Gasteiger partial charge in [0.25, 0.3) is 0 Å². The highest BCUT2D eigenvalue weighted by atomic mass is 19.1. The first-order valence-electron chi connectivity index (χ1n) is 6.77. The third-order valence-electron chi connectivity index (χ3n) is 4.05. The second-order valence-corrected chi connectivity index (χ2v) is 6.04. The molecule has 3 heteroatoms. The Kier molecular flexibility index (Phi) is 3.00. The normalized spacial score (nSPS) is 19.7. The summed E-state index contributed by atoms with van der Waals surface area (Å²) in [7, 11) is 0. The highest BCUT2D eigenvalue weighted by Crippen LogP contribution is 2.47. The molecule has 0 saturated heterocycles. The first kappa shape index (κ1) is 13.1. The van der Waals surface area contributed by atoms with Gasteiger partial charge in [-0.05, 0) is 35.1 Å². The Morgan fingerprint density at radius 1 is 1.00 bits per heavy atom. The maximum atomic E-state index is 13.8. The summed E-state index contributed by atoms with van der Waals surface area (Å²) in [5.41, 5.74) is 2.24. The molecule has 1 N–H and O–H groups in total. The number of nitrogens with one attached hydrogen (secondary N) is 1. The van der Waals surface area contributed by atoms with Crippen molar-refractivity contribution in [2.45, 2.75) is 26.3 Å². The second kappa shape index (κ2) is 4.58. The van der Waals surface area contributed by atoms with Crippen LogP contribution in [0.15, 0.2) is 42.5 Å². The minimum absolute atomic E-state index is 0.0396. The van der Waals surface area contributed by atoms with E-state index in [9.17, 15) is 8.78 Å². The van der Waals surface area contributed by atoms with Crippen molar-refractivity contribution >= 4 is 5.69 Å². The van der Waals surface area contributed by atoms with Gasteiger partial charge in [0.05, 0.1) is 6.04 Å². The van der Waals surface area contributed by atoms with E-state index in [4.69, 9.17) is 0 Å². The van der Waals surface area contributed by atoms with Gasteiger partial charge in [-0.15, -0.1) is 0 Å². The molecule has 2 aromatic carbocycles. The zero-order valence-corrected chi connectivity index (χ0v) is 11.6. The van der Waals surface area contributed by atoms with E-state index >= 15 is 0 Å². The van der Waals surface area contributed by atoms with Crippen LogP contribution >= 0.6 is 0 Å². The first-order chi connectivity index (χ1) is 9.49. The highest BCUT2D eigenvalue weighted by Gasteiger charge is 2.39. The lowest BCUT2D eigenvalue weighted by atomic mass is 9.85. The van der Waals surface area contributed by atoms with E-state index in [0.29, 0.717) is 0 Å². The summed E-state index contributed by atoms with van der Waals surface area (Å²) in [6.45, 7) is 4.23. The Bertz CT molecular complexity index is 629. The number of hydrogen-bond acceptors (Lipinski definition) is 1. The molecule has 0 radical (unpaired) electrons. The smallest absolute Gasteiger partial charge is 0.149 e. The summed E-state index contributed by atoms with van der Waals surface area (Å²) >= 11 is 0. The second-order valence-electron chi connectivity index (χ2n) is 6.04. The predicted octanol–water partition coefficient (Wildman–Crippen LogP) is 4.70. The Morgan fingerprint density at radius 2 is 1.65 bits per heavy atom. The Labute approximate surface area is 117 Å². The fraction of sp³-hybridized carbons (Fsp3) is 0.294. The van der Waals surface area contributed by atoms with E-state index < -0.39 is 11.6 Å². The van der Waals surface area contributed by atoms with Gasteiger partial charge in [0, 0.05) is 0 Å². The van der Waals surface area contributed by atoms with Crippen LogP contribution < -0.4 is 5.32 Å². The molecule has 0 aliphatic heterocycles. The molecule has 20 heavy (non-hydrogen) atoms. The van der Waals surface area contributed by atoms with Gasteiger partial charge in [-0.1, -0.05) is 44.2 Å². The molecule has 0 amide bonds. The molecule has 0 heterocycles. The molecule has 1 unspecified atom stereocenters. The van der Waals surface area contributed by atoms with Crippen molar-refractivity contribution in [1.29, 1.82) is 0 Å². The number of fused-ring (bicyclic) bond motifs is 1. The summed E-state index contributed by atoms with van der Waals surface area (Å²) in [5.74, 6) is -1.10. The Morgan fingerprint density at radius 3 is 2.35 bits per heavy atom. The maximum Gasteiger partial charge on any atom is 0.149 e. The van der Waals surface area contributed by atoms with E-state index in [2.05, 4.69) is 25.2 Å². The van der Waals surface area contributed by atoms with Gasteiger partial charge in [-0.2, -0.15) is 0 Å². The van der Waals surface area contributed by atoms with Gasteiger partial charge in [0.2, 0.25) is 0 Å². The Hall–Kier alpha value is -1.90. The molecule has 104 valence electrons. The standard InChI is InChI=1S/C17H17F2N/c1-17(2)10-11-6-3-4-7-12(11)16(17)20-15-13(18)8-5-9-14(15)19/h3-9,16,20H,10H2,1-2H3. The average molecular weight is 273 g/mol. The molecule has 2 aromatic rings. The van der Waals surface area contributed by atoms with Crippen molar-refractivity contribution in [1.82, 2.24) is 0 Å². The summed E-state index contributed by atoms with van der Waals surface area (Å²) in [6, 6.07) is 11.9. The molecule has 1 nitrogen and oxygen atoms in total. The molecule has 0 bridgehead atoms. The van der Waals surface area contributed by atoms with Crippen molar-refractivity contribution < 1.29 is 8.78 Å². The lowest BCUT2D eigenvalue weighted by Crippen LogP contribution is -2.25. The average Bonchev–Trinajstić information content (AvgIpc) is 2.64. The van der Waals surface area contributed by atoms with E-state index in [1.165, 1.54) is 23.8 Å². The monoisotopic (exact) mass is 273 g/mol. The topological polar surface area (TPSA) is 12.0 Å². The van der Waals surface area contributed by atoms with E-state index in [-0.39, 0.29) is 17.1 Å². The maximum absolute atomic E-state index is 13.8. The van der Waals surface area contributed by atoms with Gasteiger partial charge >= 0.3 is 0 Å². The molecule has 0 aromatic heterocycles. The molecule has 1 aliphatic rings. The number of anilines is 1. The van der Waals surface area contributed by atoms with Crippen molar-refractivity contribution in [2.75, 3.05) is 5.32 Å². The third kappa shape index (κ3) is 2.07. The zero-order valence-electron chi connectivity index (χ0n) is 11.6. The van der Waals surface area contributed by atoms with E-state index in [1.807, 2.05) is 18.2 Å². The fourth-order valence-corrected chi connectivity index (χ4v) is 3.04. The number of rotatable bonds is 2. The summed E-state index contributed by atoms with van der Waals surface area (Å²) in [6.07, 6.45) is 0.900. The van der Waals surface area contributed by atoms with Gasteiger partial charge in [-0.25, -0.2) is 8.78 Å². The van der Waals surface area contributed by atoms with Crippen LogP contribution in [0.3, 0.4) is 0 Å². The van der Waals surface area contributed by atoms with Crippen molar-refractivity contribution in [3.8, 4) is 0 Å². The summed E-state index contributed by atoms with van der Waals surface area (Å²) in [4.78, 5) is 0. The van der Waals surface area contributed by atoms with Gasteiger partial charge in [0.15, 0.2) is 0 Å². The van der Waals surface area contributed by atoms with Crippen molar-refractivity contribution in [3.05, 3.63) is 65.2 Å². The van der Waals surface area contributed by atoms with Crippen LogP contribution in [0.25, 0.3) is 0 Å². The predicted molar refractivity (Wildman–Crippen MR) is 76.6 cm³/mol.